The van der Waals surface area contributed by atoms with Crippen molar-refractivity contribution in [2.24, 2.45) is 40.2 Å². The van der Waals surface area contributed by atoms with E-state index >= 15 is 0 Å². The molecule has 0 bridgehead atoms. The first-order chi connectivity index (χ1) is 18.4. The lowest BCUT2D eigenvalue weighted by Gasteiger charge is -2.49. The Bertz CT molecular complexity index is 893. The summed E-state index contributed by atoms with van der Waals surface area (Å²) in [4.78, 5) is 33.0. The number of methoxy groups -OCH3 is 1. The Hall–Kier alpha value is -1.55. The molecule has 2 heterocycles. The van der Waals surface area contributed by atoms with Gasteiger partial charge in [-0.3, -0.25) is 9.59 Å². The number of hydrogen-bond donors (Lipinski definition) is 3. The number of cyclic esters (lactones) is 1. The van der Waals surface area contributed by atoms with Crippen molar-refractivity contribution >= 4 is 17.5 Å². The van der Waals surface area contributed by atoms with E-state index in [0.717, 1.165) is 19.4 Å². The summed E-state index contributed by atoms with van der Waals surface area (Å²) in [5.74, 6) is -3.59. The standard InChI is InChI=1S/C31H56N2O7/c1-12-23-31(10,37)27(35)19(3)24(33-40-22-14-13-15-32-17-22)18(2)16-30(9,38-11)26(29(6,7)8)20(4)25(34)21(5)28(36)39-23/h18-23,26-27,32,35,37H,12-17H2,1-11H3/t18-,19+,20+,21-,22?,23-,26+,27-,30-,31-/m1/s1. The van der Waals surface area contributed by atoms with Gasteiger partial charge in [0.05, 0.1) is 17.4 Å². The van der Waals surface area contributed by atoms with E-state index in [1.165, 1.54) is 6.92 Å². The first-order valence-corrected chi connectivity index (χ1v) is 15.1. The van der Waals surface area contributed by atoms with E-state index in [0.29, 0.717) is 18.7 Å². The third-order valence-corrected chi connectivity index (χ3v) is 9.38. The van der Waals surface area contributed by atoms with Crippen LogP contribution in [-0.2, 0) is 23.9 Å². The van der Waals surface area contributed by atoms with Crippen LogP contribution in [0.4, 0.5) is 0 Å². The molecule has 0 spiro atoms. The number of rotatable bonds is 4. The number of hydrogen-bond acceptors (Lipinski definition) is 9. The number of Topliss-reactive ketones (excluding diaryl/α,β-unsaturated/α-hetero) is 1. The molecule has 3 N–H and O–H groups in total. The number of esters is 1. The van der Waals surface area contributed by atoms with Crippen LogP contribution in [0.5, 0.6) is 0 Å². The lowest BCUT2D eigenvalue weighted by atomic mass is 9.61. The minimum atomic E-state index is -1.80. The molecule has 0 aliphatic carbocycles. The zero-order valence-corrected chi connectivity index (χ0v) is 26.7. The molecule has 2 aliphatic rings. The van der Waals surface area contributed by atoms with Crippen LogP contribution >= 0.6 is 0 Å². The number of aliphatic hydroxyl groups is 2. The molecule has 1 unspecified atom stereocenters. The molecule has 232 valence electrons. The van der Waals surface area contributed by atoms with Crippen molar-refractivity contribution in [3.63, 3.8) is 0 Å². The highest BCUT2D eigenvalue weighted by molar-refractivity contribution is 6.00. The van der Waals surface area contributed by atoms with E-state index in [1.807, 2.05) is 27.7 Å². The number of aliphatic hydroxyl groups excluding tert-OH is 1. The molecule has 9 heteroatoms. The minimum absolute atomic E-state index is 0.0917. The van der Waals surface area contributed by atoms with Gasteiger partial charge in [-0.25, -0.2) is 0 Å². The third-order valence-electron chi connectivity index (χ3n) is 9.38. The monoisotopic (exact) mass is 568 g/mol. The van der Waals surface area contributed by atoms with Crippen molar-refractivity contribution < 1.29 is 34.1 Å². The van der Waals surface area contributed by atoms with Crippen LogP contribution in [0.25, 0.3) is 0 Å². The number of piperidine rings is 1. The Labute approximate surface area is 241 Å². The molecule has 0 radical (unpaired) electrons. The molecule has 2 saturated heterocycles. The fraction of sp³-hybridized carbons (Fsp3) is 0.903. The Morgan fingerprint density at radius 1 is 1.12 bits per heavy atom. The van der Waals surface area contributed by atoms with Crippen LogP contribution in [0.15, 0.2) is 5.16 Å². The van der Waals surface area contributed by atoms with Gasteiger partial charge in [0, 0.05) is 37.3 Å². The number of nitrogens with zero attached hydrogens (tertiary/aromatic N) is 1. The third kappa shape index (κ3) is 7.64. The van der Waals surface area contributed by atoms with Crippen LogP contribution in [0.1, 0.15) is 94.9 Å². The van der Waals surface area contributed by atoms with E-state index in [9.17, 15) is 19.8 Å². The van der Waals surface area contributed by atoms with Crippen LogP contribution in [0, 0.1) is 35.0 Å². The quantitative estimate of drug-likeness (QED) is 0.263. The zero-order chi connectivity index (χ0) is 30.6. The van der Waals surface area contributed by atoms with Crippen molar-refractivity contribution in [2.75, 3.05) is 20.2 Å². The second-order valence-electron chi connectivity index (χ2n) is 13.8. The molecule has 0 aromatic heterocycles. The SMILES string of the molecule is CC[C@H]1OC(=O)[C@H](C)C(=O)[C@H](C)[C@@H](C(C)(C)C)[C@](C)(OC)C[C@@H](C)C(=NOC2CCCNC2)[C@H](C)[C@@H](O)[C@]1(C)O. The molecule has 0 aromatic rings. The van der Waals surface area contributed by atoms with E-state index in [-0.39, 0.29) is 35.6 Å². The summed E-state index contributed by atoms with van der Waals surface area (Å²) in [5, 5.41) is 31.1. The predicted molar refractivity (Wildman–Crippen MR) is 156 cm³/mol. The largest absolute Gasteiger partial charge is 0.459 e. The maximum Gasteiger partial charge on any atom is 0.316 e. The van der Waals surface area contributed by atoms with Gasteiger partial charge in [-0.15, -0.1) is 0 Å². The molecule has 2 rings (SSSR count). The molecule has 2 fully saturated rings. The van der Waals surface area contributed by atoms with Gasteiger partial charge in [0.1, 0.15) is 29.5 Å². The van der Waals surface area contributed by atoms with Crippen molar-refractivity contribution in [3.05, 3.63) is 0 Å². The molecular formula is C31H56N2O7. The highest BCUT2D eigenvalue weighted by atomic mass is 16.6. The summed E-state index contributed by atoms with van der Waals surface area (Å²) < 4.78 is 12.0. The van der Waals surface area contributed by atoms with Crippen LogP contribution in [0.3, 0.4) is 0 Å². The number of carbonyl (C=O) groups is 2. The van der Waals surface area contributed by atoms with Crippen LogP contribution < -0.4 is 5.32 Å². The fourth-order valence-corrected chi connectivity index (χ4v) is 7.30. The first kappa shape index (κ1) is 34.7. The summed E-state index contributed by atoms with van der Waals surface area (Å²) >= 11 is 0. The molecule has 2 aliphatic heterocycles. The highest BCUT2D eigenvalue weighted by Gasteiger charge is 2.51. The van der Waals surface area contributed by atoms with Gasteiger partial charge in [-0.1, -0.05) is 53.6 Å². The van der Waals surface area contributed by atoms with Crippen molar-refractivity contribution in [1.29, 1.82) is 0 Å². The summed E-state index contributed by atoms with van der Waals surface area (Å²) in [6, 6.07) is 0. The molecule has 0 amide bonds. The molecule has 0 aromatic carbocycles. The lowest BCUT2D eigenvalue weighted by molar-refractivity contribution is -0.187. The second kappa shape index (κ2) is 13.6. The van der Waals surface area contributed by atoms with Crippen LogP contribution in [-0.4, -0.2) is 77.4 Å². The smallest absolute Gasteiger partial charge is 0.316 e. The predicted octanol–water partition coefficient (Wildman–Crippen LogP) is 4.13. The Balaban J connectivity index is 2.69. The molecule has 10 atom stereocenters. The topological polar surface area (TPSA) is 127 Å². The normalized spacial score (nSPS) is 42.3. The maximum atomic E-state index is 13.8. The minimum Gasteiger partial charge on any atom is -0.459 e. The molecular weight excluding hydrogens is 512 g/mol. The fourth-order valence-electron chi connectivity index (χ4n) is 7.30. The molecule has 40 heavy (non-hydrogen) atoms. The Morgan fingerprint density at radius 2 is 1.75 bits per heavy atom. The van der Waals surface area contributed by atoms with Crippen molar-refractivity contribution in [3.8, 4) is 0 Å². The van der Waals surface area contributed by atoms with Gasteiger partial charge in [0.15, 0.2) is 0 Å². The molecule has 0 saturated carbocycles. The van der Waals surface area contributed by atoms with E-state index in [2.05, 4.69) is 31.2 Å². The maximum absolute atomic E-state index is 13.8. The summed E-state index contributed by atoms with van der Waals surface area (Å²) in [5.41, 5.74) is -2.33. The summed E-state index contributed by atoms with van der Waals surface area (Å²) in [7, 11) is 1.65. The van der Waals surface area contributed by atoms with Gasteiger partial charge in [-0.05, 0) is 58.4 Å². The average molecular weight is 569 g/mol. The Kier molecular flexibility index (Phi) is 11.8. The number of ketones is 1. The van der Waals surface area contributed by atoms with Crippen LogP contribution in [0.2, 0.25) is 0 Å². The summed E-state index contributed by atoms with van der Waals surface area (Å²) in [6.45, 7) is 20.4. The Morgan fingerprint density at radius 3 is 2.25 bits per heavy atom. The number of ether oxygens (including phenoxy) is 2. The van der Waals surface area contributed by atoms with Gasteiger partial charge in [0.25, 0.3) is 0 Å². The highest BCUT2D eigenvalue weighted by Crippen LogP contribution is 2.46. The summed E-state index contributed by atoms with van der Waals surface area (Å²) in [6.07, 6.45) is 0.182. The van der Waals surface area contributed by atoms with Crippen molar-refractivity contribution in [2.45, 2.75) is 124 Å². The van der Waals surface area contributed by atoms with Gasteiger partial charge in [0.2, 0.25) is 0 Å². The van der Waals surface area contributed by atoms with Gasteiger partial charge >= 0.3 is 5.97 Å². The number of oxime groups is 1. The van der Waals surface area contributed by atoms with E-state index in [4.69, 9.17) is 14.3 Å². The zero-order valence-electron chi connectivity index (χ0n) is 26.7. The van der Waals surface area contributed by atoms with E-state index < -0.39 is 47.1 Å². The average Bonchev–Trinajstić information content (AvgIpc) is 2.89. The van der Waals surface area contributed by atoms with Gasteiger partial charge < -0.3 is 29.8 Å². The van der Waals surface area contributed by atoms with Crippen molar-refractivity contribution in [1.82, 2.24) is 5.32 Å². The van der Waals surface area contributed by atoms with E-state index in [1.54, 1.807) is 21.0 Å². The number of carbonyl (C=O) groups excluding carboxylic acids is 2. The number of nitrogens with one attached hydrogen (secondary N) is 1. The molecule has 9 nitrogen and oxygen atoms in total. The first-order valence-electron chi connectivity index (χ1n) is 15.1. The van der Waals surface area contributed by atoms with Gasteiger partial charge in [-0.2, -0.15) is 0 Å². The lowest BCUT2D eigenvalue weighted by Crippen LogP contribution is -2.57. The second-order valence-corrected chi connectivity index (χ2v) is 13.8.